The molecule has 0 spiro atoms. The molecule has 1 aliphatic rings. The van der Waals surface area contributed by atoms with E-state index in [4.69, 9.17) is 0 Å². The van der Waals surface area contributed by atoms with Gasteiger partial charge in [0.25, 0.3) is 5.91 Å². The average Bonchev–Trinajstić information content (AvgIpc) is 3.09. The van der Waals surface area contributed by atoms with E-state index in [2.05, 4.69) is 0 Å². The maximum Gasteiger partial charge on any atom is 0.253 e. The van der Waals surface area contributed by atoms with Crippen LogP contribution in [0.3, 0.4) is 0 Å². The van der Waals surface area contributed by atoms with Gasteiger partial charge in [-0.15, -0.1) is 0 Å². The van der Waals surface area contributed by atoms with E-state index in [1.807, 2.05) is 41.3 Å². The molecule has 2 aromatic rings. The summed E-state index contributed by atoms with van der Waals surface area (Å²) < 4.78 is 14.0. The predicted octanol–water partition coefficient (Wildman–Crippen LogP) is 4.16. The van der Waals surface area contributed by atoms with E-state index in [1.54, 1.807) is 19.9 Å². The van der Waals surface area contributed by atoms with E-state index in [9.17, 15) is 14.3 Å². The predicted molar refractivity (Wildman–Crippen MR) is 101 cm³/mol. The molecule has 1 fully saturated rings. The van der Waals surface area contributed by atoms with Gasteiger partial charge < -0.3 is 10.0 Å². The second-order valence-corrected chi connectivity index (χ2v) is 7.77. The molecule has 3 nitrogen and oxygen atoms in total. The van der Waals surface area contributed by atoms with Gasteiger partial charge in [-0.25, -0.2) is 4.39 Å². The normalized spacial score (nSPS) is 17.5. The fourth-order valence-electron chi connectivity index (χ4n) is 3.50. The van der Waals surface area contributed by atoms with E-state index in [1.165, 1.54) is 6.07 Å². The minimum Gasteiger partial charge on any atom is -0.390 e. The van der Waals surface area contributed by atoms with Crippen molar-refractivity contribution in [3.63, 3.8) is 0 Å². The van der Waals surface area contributed by atoms with Crippen LogP contribution in [0.1, 0.15) is 54.1 Å². The maximum absolute atomic E-state index is 14.0. The first-order chi connectivity index (χ1) is 12.3. The molecule has 1 aliphatic heterocycles. The van der Waals surface area contributed by atoms with Gasteiger partial charge in [0.15, 0.2) is 0 Å². The standard InChI is InChI=1S/C22H26FNO2/c1-22(2,26)12-10-16-6-5-7-17(14-16)21(25)24-13-11-18(15-24)19-8-3-4-9-20(19)23/h3-9,14,18,26H,10-13,15H2,1-2H3/t18-/m1/s1. The van der Waals surface area contributed by atoms with Crippen LogP contribution >= 0.6 is 0 Å². The highest BCUT2D eigenvalue weighted by Crippen LogP contribution is 2.30. The second kappa shape index (κ2) is 7.58. The van der Waals surface area contributed by atoms with Crippen molar-refractivity contribution in [2.45, 2.75) is 44.6 Å². The van der Waals surface area contributed by atoms with E-state index >= 15 is 0 Å². The van der Waals surface area contributed by atoms with Gasteiger partial charge in [0.2, 0.25) is 0 Å². The van der Waals surface area contributed by atoms with Gasteiger partial charge in [-0.05, 0) is 62.4 Å². The number of aryl methyl sites for hydroxylation is 1. The Morgan fingerprint density at radius 2 is 2.00 bits per heavy atom. The van der Waals surface area contributed by atoms with Gasteiger partial charge in [-0.1, -0.05) is 30.3 Å². The molecule has 1 heterocycles. The van der Waals surface area contributed by atoms with E-state index < -0.39 is 5.60 Å². The van der Waals surface area contributed by atoms with Crippen LogP contribution in [0.5, 0.6) is 0 Å². The molecular weight excluding hydrogens is 329 g/mol. The van der Waals surface area contributed by atoms with E-state index in [0.29, 0.717) is 30.6 Å². The van der Waals surface area contributed by atoms with Crippen molar-refractivity contribution < 1.29 is 14.3 Å². The molecule has 3 rings (SSSR count). The van der Waals surface area contributed by atoms with Crippen LogP contribution in [0.25, 0.3) is 0 Å². The van der Waals surface area contributed by atoms with Crippen LogP contribution in [-0.4, -0.2) is 34.6 Å². The Hall–Kier alpha value is -2.20. The highest BCUT2D eigenvalue weighted by Gasteiger charge is 2.29. The molecular formula is C22H26FNO2. The minimum absolute atomic E-state index is 0.00560. The number of benzene rings is 2. The summed E-state index contributed by atoms with van der Waals surface area (Å²) in [6.07, 6.45) is 2.15. The molecule has 1 N–H and O–H groups in total. The lowest BCUT2D eigenvalue weighted by Gasteiger charge is -2.19. The first-order valence-electron chi connectivity index (χ1n) is 9.18. The van der Waals surface area contributed by atoms with Gasteiger partial charge in [-0.2, -0.15) is 0 Å². The summed E-state index contributed by atoms with van der Waals surface area (Å²) >= 11 is 0. The number of carbonyl (C=O) groups excluding carboxylic acids is 1. The first-order valence-corrected chi connectivity index (χ1v) is 9.18. The van der Waals surface area contributed by atoms with Gasteiger partial charge in [-0.3, -0.25) is 4.79 Å². The number of hydrogen-bond donors (Lipinski definition) is 1. The molecule has 0 unspecified atom stereocenters. The van der Waals surface area contributed by atoms with Crippen LogP contribution in [-0.2, 0) is 6.42 Å². The molecule has 2 aromatic carbocycles. The lowest BCUT2D eigenvalue weighted by atomic mass is 9.97. The van der Waals surface area contributed by atoms with Crippen LogP contribution < -0.4 is 0 Å². The highest BCUT2D eigenvalue weighted by molar-refractivity contribution is 5.94. The maximum atomic E-state index is 14.0. The average molecular weight is 355 g/mol. The first kappa shape index (κ1) is 18.6. The molecule has 0 saturated carbocycles. The zero-order valence-electron chi connectivity index (χ0n) is 15.4. The quantitative estimate of drug-likeness (QED) is 0.875. The Kier molecular flexibility index (Phi) is 5.42. The van der Waals surface area contributed by atoms with Gasteiger partial charge >= 0.3 is 0 Å². The third-order valence-corrected chi connectivity index (χ3v) is 5.02. The highest BCUT2D eigenvalue weighted by atomic mass is 19.1. The summed E-state index contributed by atoms with van der Waals surface area (Å²) in [6, 6.07) is 14.4. The molecule has 0 radical (unpaired) electrons. The van der Waals surface area contributed by atoms with Gasteiger partial charge in [0.1, 0.15) is 5.82 Å². The lowest BCUT2D eigenvalue weighted by molar-refractivity contribution is 0.0714. The number of rotatable bonds is 5. The molecule has 138 valence electrons. The van der Waals surface area contributed by atoms with E-state index in [-0.39, 0.29) is 17.6 Å². The van der Waals surface area contributed by atoms with Crippen molar-refractivity contribution in [3.8, 4) is 0 Å². The van der Waals surface area contributed by atoms with Crippen LogP contribution in [0, 0.1) is 5.82 Å². The monoisotopic (exact) mass is 355 g/mol. The largest absolute Gasteiger partial charge is 0.390 e. The fraction of sp³-hybridized carbons (Fsp3) is 0.409. The summed E-state index contributed by atoms with van der Waals surface area (Å²) in [6.45, 7) is 4.77. The smallest absolute Gasteiger partial charge is 0.253 e. The Morgan fingerprint density at radius 3 is 2.73 bits per heavy atom. The van der Waals surface area contributed by atoms with Crippen LogP contribution in [0.2, 0.25) is 0 Å². The zero-order valence-corrected chi connectivity index (χ0v) is 15.4. The van der Waals surface area contributed by atoms with Gasteiger partial charge in [0.05, 0.1) is 5.60 Å². The van der Waals surface area contributed by atoms with Crippen molar-refractivity contribution in [3.05, 3.63) is 71.0 Å². The minimum atomic E-state index is -0.720. The number of hydrogen-bond acceptors (Lipinski definition) is 2. The zero-order chi connectivity index (χ0) is 18.7. The molecule has 0 aliphatic carbocycles. The molecule has 1 saturated heterocycles. The van der Waals surface area contributed by atoms with Crippen LogP contribution in [0.4, 0.5) is 4.39 Å². The topological polar surface area (TPSA) is 40.5 Å². The van der Waals surface area contributed by atoms with Gasteiger partial charge in [0, 0.05) is 24.6 Å². The fourth-order valence-corrected chi connectivity index (χ4v) is 3.50. The number of nitrogens with zero attached hydrogens (tertiary/aromatic N) is 1. The third-order valence-electron chi connectivity index (χ3n) is 5.02. The molecule has 1 amide bonds. The summed E-state index contributed by atoms with van der Waals surface area (Å²) in [5, 5.41) is 9.88. The number of aliphatic hydroxyl groups is 1. The van der Waals surface area contributed by atoms with Crippen molar-refractivity contribution in [2.24, 2.45) is 0 Å². The number of carbonyl (C=O) groups is 1. The molecule has 4 heteroatoms. The summed E-state index contributed by atoms with van der Waals surface area (Å²) in [5.74, 6) is -0.145. The van der Waals surface area contributed by atoms with Crippen molar-refractivity contribution >= 4 is 5.91 Å². The van der Waals surface area contributed by atoms with Crippen LogP contribution in [0.15, 0.2) is 48.5 Å². The summed E-state index contributed by atoms with van der Waals surface area (Å²) in [4.78, 5) is 14.7. The van der Waals surface area contributed by atoms with Crippen molar-refractivity contribution in [1.29, 1.82) is 0 Å². The lowest BCUT2D eigenvalue weighted by Crippen LogP contribution is -2.28. The summed E-state index contributed by atoms with van der Waals surface area (Å²) in [5.41, 5.74) is 1.68. The van der Waals surface area contributed by atoms with E-state index in [0.717, 1.165) is 18.4 Å². The summed E-state index contributed by atoms with van der Waals surface area (Å²) in [7, 11) is 0. The van der Waals surface area contributed by atoms with Crippen molar-refractivity contribution in [1.82, 2.24) is 4.90 Å². The number of amides is 1. The molecule has 26 heavy (non-hydrogen) atoms. The Morgan fingerprint density at radius 1 is 1.23 bits per heavy atom. The Bertz CT molecular complexity index is 782. The Labute approximate surface area is 154 Å². The molecule has 0 aromatic heterocycles. The number of halogens is 1. The SMILES string of the molecule is CC(C)(O)CCc1cccc(C(=O)N2CC[C@@H](c3ccccc3F)C2)c1. The molecule has 1 atom stereocenters. The second-order valence-electron chi connectivity index (χ2n) is 7.77. The van der Waals surface area contributed by atoms with Crippen molar-refractivity contribution in [2.75, 3.05) is 13.1 Å². The number of likely N-dealkylation sites (tertiary alicyclic amines) is 1. The Balaban J connectivity index is 1.68. The molecule has 0 bridgehead atoms. The third kappa shape index (κ3) is 4.50.